The maximum atomic E-state index is 11.0. The molecule has 1 aromatic rings. The fourth-order valence-electron chi connectivity index (χ4n) is 1.41. The van der Waals surface area contributed by atoms with Crippen LogP contribution in [0.5, 0.6) is 0 Å². The van der Waals surface area contributed by atoms with Gasteiger partial charge < -0.3 is 10.1 Å². The van der Waals surface area contributed by atoms with E-state index >= 15 is 0 Å². The number of thiocarbonyl (C=S) groups is 1. The van der Waals surface area contributed by atoms with E-state index in [-0.39, 0.29) is 5.11 Å². The number of carbonyl (C=O) groups excluding carboxylic acids is 1. The van der Waals surface area contributed by atoms with E-state index in [1.165, 1.54) is 7.11 Å². The molecule has 0 unspecified atom stereocenters. The topological polar surface area (TPSA) is 50.4 Å². The van der Waals surface area contributed by atoms with Gasteiger partial charge in [0.25, 0.3) is 0 Å². The zero-order valence-corrected chi connectivity index (χ0v) is 10.9. The van der Waals surface area contributed by atoms with Crippen molar-refractivity contribution in [3.05, 3.63) is 29.8 Å². The zero-order chi connectivity index (χ0) is 12.8. The van der Waals surface area contributed by atoms with Crippen molar-refractivity contribution in [1.82, 2.24) is 5.32 Å². The van der Waals surface area contributed by atoms with Gasteiger partial charge >= 0.3 is 6.09 Å². The Morgan fingerprint density at radius 3 is 2.59 bits per heavy atom. The molecule has 0 aliphatic carbocycles. The first kappa shape index (κ1) is 13.4. The van der Waals surface area contributed by atoms with Crippen LogP contribution in [0.15, 0.2) is 24.3 Å². The monoisotopic (exact) mass is 252 g/mol. The Morgan fingerprint density at radius 1 is 1.35 bits per heavy atom. The van der Waals surface area contributed by atoms with Gasteiger partial charge in [-0.2, -0.15) is 0 Å². The van der Waals surface area contributed by atoms with Crippen molar-refractivity contribution in [2.24, 2.45) is 0 Å². The van der Waals surface area contributed by atoms with Gasteiger partial charge in [0.2, 0.25) is 0 Å². The van der Waals surface area contributed by atoms with Gasteiger partial charge in [-0.05, 0) is 29.8 Å². The maximum Gasteiger partial charge on any atom is 0.413 e. The van der Waals surface area contributed by atoms with Gasteiger partial charge in [0.1, 0.15) is 0 Å². The first-order valence-electron chi connectivity index (χ1n) is 5.29. The summed E-state index contributed by atoms with van der Waals surface area (Å²) in [6.45, 7) is 4.19. The van der Waals surface area contributed by atoms with Gasteiger partial charge in [0, 0.05) is 5.69 Å². The van der Waals surface area contributed by atoms with Crippen LogP contribution < -0.4 is 10.6 Å². The Morgan fingerprint density at radius 2 is 2.00 bits per heavy atom. The molecule has 92 valence electrons. The highest BCUT2D eigenvalue weighted by molar-refractivity contribution is 7.80. The van der Waals surface area contributed by atoms with Gasteiger partial charge in [-0.15, -0.1) is 0 Å². The van der Waals surface area contributed by atoms with E-state index in [9.17, 15) is 4.79 Å². The van der Waals surface area contributed by atoms with Crippen LogP contribution in [0.4, 0.5) is 10.5 Å². The van der Waals surface area contributed by atoms with Crippen molar-refractivity contribution < 1.29 is 9.53 Å². The van der Waals surface area contributed by atoms with E-state index in [0.717, 1.165) is 11.3 Å². The van der Waals surface area contributed by atoms with E-state index in [1.807, 2.05) is 24.3 Å². The Labute approximate surface area is 106 Å². The van der Waals surface area contributed by atoms with Crippen LogP contribution in [-0.4, -0.2) is 18.3 Å². The maximum absolute atomic E-state index is 11.0. The second-order valence-corrected chi connectivity index (χ2v) is 4.22. The molecule has 1 rings (SSSR count). The van der Waals surface area contributed by atoms with E-state index in [0.29, 0.717) is 5.92 Å². The molecule has 0 radical (unpaired) electrons. The molecule has 1 amide bonds. The minimum absolute atomic E-state index is 0.227. The van der Waals surface area contributed by atoms with Crippen molar-refractivity contribution in [1.29, 1.82) is 0 Å². The number of hydrogen-bond donors (Lipinski definition) is 2. The van der Waals surface area contributed by atoms with Crippen LogP contribution in [0, 0.1) is 0 Å². The lowest BCUT2D eigenvalue weighted by molar-refractivity contribution is 0.177. The number of carbonyl (C=O) groups is 1. The molecule has 0 atom stereocenters. The fourth-order valence-corrected chi connectivity index (χ4v) is 1.60. The Bertz CT molecular complexity index is 419. The molecule has 17 heavy (non-hydrogen) atoms. The van der Waals surface area contributed by atoms with Crippen molar-refractivity contribution in [3.63, 3.8) is 0 Å². The molecule has 0 aromatic heterocycles. The summed E-state index contributed by atoms with van der Waals surface area (Å²) in [7, 11) is 1.29. The first-order valence-corrected chi connectivity index (χ1v) is 5.70. The highest BCUT2D eigenvalue weighted by Gasteiger charge is 2.08. The number of amides is 1. The van der Waals surface area contributed by atoms with Crippen molar-refractivity contribution in [2.45, 2.75) is 19.8 Å². The molecule has 0 bridgehead atoms. The van der Waals surface area contributed by atoms with E-state index in [1.54, 1.807) is 0 Å². The number of methoxy groups -OCH3 is 1. The number of nitrogens with one attached hydrogen (secondary N) is 2. The van der Waals surface area contributed by atoms with Crippen LogP contribution in [0.3, 0.4) is 0 Å². The molecule has 0 saturated heterocycles. The molecular formula is C12H16N2O2S. The minimum Gasteiger partial charge on any atom is -0.453 e. The fraction of sp³-hybridized carbons (Fsp3) is 0.333. The summed E-state index contributed by atoms with van der Waals surface area (Å²) < 4.78 is 4.46. The van der Waals surface area contributed by atoms with E-state index in [4.69, 9.17) is 12.2 Å². The van der Waals surface area contributed by atoms with Crippen LogP contribution in [0.25, 0.3) is 0 Å². The molecule has 4 nitrogen and oxygen atoms in total. The number of hydrogen-bond acceptors (Lipinski definition) is 3. The summed E-state index contributed by atoms with van der Waals surface area (Å²) in [5, 5.41) is 5.61. The van der Waals surface area contributed by atoms with Gasteiger partial charge in [0.05, 0.1) is 7.11 Å². The predicted octanol–water partition coefficient (Wildman–Crippen LogP) is 2.86. The number of benzene rings is 1. The van der Waals surface area contributed by atoms with Crippen LogP contribution >= 0.6 is 12.2 Å². The van der Waals surface area contributed by atoms with Crippen LogP contribution in [0.2, 0.25) is 0 Å². The van der Waals surface area contributed by atoms with Gasteiger partial charge in [-0.1, -0.05) is 32.0 Å². The summed E-state index contributed by atoms with van der Waals surface area (Å²) in [4.78, 5) is 11.0. The molecule has 5 heteroatoms. The molecular weight excluding hydrogens is 236 g/mol. The molecule has 2 N–H and O–H groups in total. The average molecular weight is 252 g/mol. The van der Waals surface area contributed by atoms with Gasteiger partial charge in [-0.25, -0.2) is 4.79 Å². The summed E-state index contributed by atoms with van der Waals surface area (Å²) in [5.41, 5.74) is 2.03. The smallest absolute Gasteiger partial charge is 0.413 e. The largest absolute Gasteiger partial charge is 0.453 e. The molecule has 0 aliphatic rings. The van der Waals surface area contributed by atoms with Crippen LogP contribution in [0.1, 0.15) is 25.3 Å². The van der Waals surface area contributed by atoms with Crippen LogP contribution in [-0.2, 0) is 4.74 Å². The molecule has 1 aromatic carbocycles. The third kappa shape index (κ3) is 4.03. The van der Waals surface area contributed by atoms with Gasteiger partial charge in [-0.3, -0.25) is 5.32 Å². The Kier molecular flexibility index (Phi) is 4.90. The number of rotatable bonds is 2. The third-order valence-corrected chi connectivity index (χ3v) is 2.44. The number of alkyl carbamates (subject to hydrolysis) is 1. The highest BCUT2D eigenvalue weighted by Crippen LogP contribution is 2.23. The average Bonchev–Trinajstić information content (AvgIpc) is 2.29. The third-order valence-electron chi connectivity index (χ3n) is 2.23. The van der Waals surface area contributed by atoms with Crippen molar-refractivity contribution >= 4 is 29.1 Å². The summed E-state index contributed by atoms with van der Waals surface area (Å²) in [6, 6.07) is 7.82. The quantitative estimate of drug-likeness (QED) is 0.795. The minimum atomic E-state index is -0.579. The molecule has 0 fully saturated rings. The Balaban J connectivity index is 2.74. The molecule has 0 spiro atoms. The normalized spacial score (nSPS) is 9.88. The second-order valence-electron chi connectivity index (χ2n) is 3.81. The summed E-state index contributed by atoms with van der Waals surface area (Å²) >= 11 is 5.00. The lowest BCUT2D eigenvalue weighted by atomic mass is 10.0. The van der Waals surface area contributed by atoms with E-state index < -0.39 is 6.09 Å². The first-order chi connectivity index (χ1) is 8.04. The highest BCUT2D eigenvalue weighted by atomic mass is 32.1. The number of ether oxygens (including phenoxy) is 1. The zero-order valence-electron chi connectivity index (χ0n) is 10.1. The molecule has 0 aliphatic heterocycles. The summed E-state index contributed by atoms with van der Waals surface area (Å²) in [5.74, 6) is 0.375. The Hall–Kier alpha value is -1.62. The van der Waals surface area contributed by atoms with E-state index in [2.05, 4.69) is 29.2 Å². The molecule has 0 heterocycles. The SMILES string of the molecule is COC(=O)NC(=S)Nc1ccccc1C(C)C. The number of anilines is 1. The lowest BCUT2D eigenvalue weighted by Gasteiger charge is -2.15. The summed E-state index contributed by atoms with van der Waals surface area (Å²) in [6.07, 6.45) is -0.579. The predicted molar refractivity (Wildman–Crippen MR) is 72.3 cm³/mol. The van der Waals surface area contributed by atoms with Crippen molar-refractivity contribution in [2.75, 3.05) is 12.4 Å². The standard InChI is InChI=1S/C12H16N2O2S/c1-8(2)9-6-4-5-7-10(9)13-11(17)14-12(15)16-3/h4-8H,1-3H3,(H2,13,14,15,17). The lowest BCUT2D eigenvalue weighted by Crippen LogP contribution is -2.34. The molecule has 0 saturated carbocycles. The second kappa shape index (κ2) is 6.20. The van der Waals surface area contributed by atoms with Crippen molar-refractivity contribution in [3.8, 4) is 0 Å². The number of para-hydroxylation sites is 1. The van der Waals surface area contributed by atoms with Gasteiger partial charge in [0.15, 0.2) is 5.11 Å².